The van der Waals surface area contributed by atoms with Gasteiger partial charge in [0.1, 0.15) is 15.6 Å². The fraction of sp³-hybridized carbons (Fsp3) is 0.368. The number of sulfone groups is 2. The van der Waals surface area contributed by atoms with Crippen molar-refractivity contribution in [1.82, 2.24) is 0 Å². The number of hydrogen-bond donors (Lipinski definition) is 0. The summed E-state index contributed by atoms with van der Waals surface area (Å²) in [6, 6.07) is 13.0. The maximum atomic E-state index is 13.2. The van der Waals surface area contributed by atoms with Gasteiger partial charge in [-0.05, 0) is 54.8 Å². The number of rotatable bonds is 9. The molecule has 0 bridgehead atoms. The van der Waals surface area contributed by atoms with Crippen molar-refractivity contribution in [1.29, 1.82) is 0 Å². The zero-order valence-corrected chi connectivity index (χ0v) is 17.6. The van der Waals surface area contributed by atoms with Gasteiger partial charge in [-0.3, -0.25) is 0 Å². The molecule has 1 unspecified atom stereocenters. The summed E-state index contributed by atoms with van der Waals surface area (Å²) >= 11 is 5.87. The summed E-state index contributed by atoms with van der Waals surface area (Å²) in [5.41, 5.74) is 0.614. The van der Waals surface area contributed by atoms with Gasteiger partial charge < -0.3 is 4.74 Å². The molecule has 0 radical (unpaired) electrons. The topological polar surface area (TPSA) is 77.5 Å². The van der Waals surface area contributed by atoms with E-state index in [-0.39, 0.29) is 10.6 Å². The van der Waals surface area contributed by atoms with E-state index in [4.69, 9.17) is 16.3 Å². The van der Waals surface area contributed by atoms with Crippen LogP contribution in [0.4, 0.5) is 0 Å². The van der Waals surface area contributed by atoms with Gasteiger partial charge in [0, 0.05) is 17.0 Å². The van der Waals surface area contributed by atoms with Crippen molar-refractivity contribution in [3.63, 3.8) is 0 Å². The molecule has 0 fully saturated rings. The van der Waals surface area contributed by atoms with Gasteiger partial charge in [0.2, 0.25) is 0 Å². The molecule has 0 aliphatic heterocycles. The Labute approximate surface area is 166 Å². The van der Waals surface area contributed by atoms with Crippen molar-refractivity contribution < 1.29 is 21.6 Å². The third kappa shape index (κ3) is 6.23. The average molecular weight is 431 g/mol. The van der Waals surface area contributed by atoms with Crippen LogP contribution in [-0.4, -0.2) is 36.0 Å². The molecule has 0 saturated carbocycles. The van der Waals surface area contributed by atoms with E-state index < -0.39 is 24.9 Å². The largest absolute Gasteiger partial charge is 0.497 e. The predicted molar refractivity (Wildman–Crippen MR) is 108 cm³/mol. The van der Waals surface area contributed by atoms with E-state index in [9.17, 15) is 16.8 Å². The fourth-order valence-electron chi connectivity index (χ4n) is 2.83. The molecule has 148 valence electrons. The zero-order valence-electron chi connectivity index (χ0n) is 15.3. The predicted octanol–water partition coefficient (Wildman–Crippen LogP) is 4.08. The van der Waals surface area contributed by atoms with E-state index in [1.807, 2.05) is 0 Å². The van der Waals surface area contributed by atoms with Gasteiger partial charge >= 0.3 is 0 Å². The summed E-state index contributed by atoms with van der Waals surface area (Å²) in [7, 11) is -5.23. The number of ether oxygens (including phenoxy) is 1. The number of halogens is 1. The van der Waals surface area contributed by atoms with Gasteiger partial charge in [-0.2, -0.15) is 0 Å². The molecule has 0 aromatic heterocycles. The van der Waals surface area contributed by atoms with Crippen LogP contribution in [0.2, 0.25) is 5.02 Å². The van der Waals surface area contributed by atoms with Crippen LogP contribution in [-0.2, 0) is 19.7 Å². The molecule has 0 amide bonds. The molecule has 27 heavy (non-hydrogen) atoms. The van der Waals surface area contributed by atoms with Gasteiger partial charge in [-0.1, -0.05) is 30.2 Å². The van der Waals surface area contributed by atoms with E-state index in [0.717, 1.165) is 0 Å². The maximum Gasteiger partial charge on any atom is 0.185 e. The van der Waals surface area contributed by atoms with Crippen molar-refractivity contribution in [2.45, 2.75) is 29.4 Å². The Kier molecular flexibility index (Phi) is 7.31. The minimum Gasteiger partial charge on any atom is -0.497 e. The Balaban J connectivity index is 2.34. The lowest BCUT2D eigenvalue weighted by Gasteiger charge is -2.19. The first-order valence-corrected chi connectivity index (χ1v) is 12.4. The van der Waals surface area contributed by atoms with Crippen LogP contribution in [0.15, 0.2) is 53.4 Å². The highest BCUT2D eigenvalue weighted by Crippen LogP contribution is 2.35. The molecule has 1 atom stereocenters. The second-order valence-corrected chi connectivity index (χ2v) is 11.2. The lowest BCUT2D eigenvalue weighted by atomic mass is 10.1. The number of methoxy groups -OCH3 is 1. The Morgan fingerprint density at radius 3 is 2.26 bits per heavy atom. The summed E-state index contributed by atoms with van der Waals surface area (Å²) < 4.78 is 54.3. The normalized spacial score (nSPS) is 13.3. The number of benzene rings is 2. The summed E-state index contributed by atoms with van der Waals surface area (Å²) in [5.74, 6) is 0.610. The van der Waals surface area contributed by atoms with Crippen LogP contribution in [0.5, 0.6) is 5.75 Å². The Morgan fingerprint density at radius 1 is 1.00 bits per heavy atom. The molecule has 8 heteroatoms. The lowest BCUT2D eigenvalue weighted by molar-refractivity contribution is 0.414. The zero-order chi connectivity index (χ0) is 20.1. The third-order valence-electron chi connectivity index (χ3n) is 4.21. The molecule has 0 N–H and O–H groups in total. The first-order chi connectivity index (χ1) is 12.6. The highest BCUT2D eigenvalue weighted by molar-refractivity contribution is 7.91. The number of unbranched alkanes of at least 4 members (excludes halogenated alkanes) is 1. The van der Waals surface area contributed by atoms with E-state index in [1.54, 1.807) is 36.4 Å². The summed E-state index contributed by atoms with van der Waals surface area (Å²) in [5, 5.41) is -0.339. The van der Waals surface area contributed by atoms with Crippen LogP contribution in [0, 0.1) is 0 Å². The Morgan fingerprint density at radius 2 is 1.67 bits per heavy atom. The van der Waals surface area contributed by atoms with Crippen LogP contribution < -0.4 is 4.74 Å². The molecular formula is C19H23ClO5S2. The standard InChI is InChI=1S/C19H23ClO5S2/c1-25-17-7-5-6-15(14-17)19(8-3-4-13-26(2,21)22)27(23,24)18-11-9-16(20)10-12-18/h5-7,9-12,14,19H,3-4,8,13H2,1-2H3. The van der Waals surface area contributed by atoms with Crippen molar-refractivity contribution in [3.05, 3.63) is 59.1 Å². The van der Waals surface area contributed by atoms with Crippen molar-refractivity contribution >= 4 is 31.3 Å². The minimum absolute atomic E-state index is 0.0405. The van der Waals surface area contributed by atoms with Crippen molar-refractivity contribution in [2.24, 2.45) is 0 Å². The van der Waals surface area contributed by atoms with E-state index in [1.165, 1.54) is 25.5 Å². The molecule has 0 saturated heterocycles. The smallest absolute Gasteiger partial charge is 0.185 e. The average Bonchev–Trinajstić information content (AvgIpc) is 2.61. The molecule has 5 nitrogen and oxygen atoms in total. The lowest BCUT2D eigenvalue weighted by Crippen LogP contribution is -2.15. The van der Waals surface area contributed by atoms with Gasteiger partial charge in [0.15, 0.2) is 9.84 Å². The van der Waals surface area contributed by atoms with Crippen LogP contribution in [0.3, 0.4) is 0 Å². The Bertz CT molecular complexity index is 967. The molecule has 2 rings (SSSR count). The molecular weight excluding hydrogens is 408 g/mol. The second-order valence-electron chi connectivity index (χ2n) is 6.39. The second kappa shape index (κ2) is 9.08. The summed E-state index contributed by atoms with van der Waals surface area (Å²) in [6.07, 6.45) is 2.38. The van der Waals surface area contributed by atoms with Crippen molar-refractivity contribution in [2.75, 3.05) is 19.1 Å². The molecule has 0 aliphatic rings. The maximum absolute atomic E-state index is 13.2. The SMILES string of the molecule is COc1cccc(C(CCCCS(C)(=O)=O)S(=O)(=O)c2ccc(Cl)cc2)c1. The molecule has 2 aromatic carbocycles. The fourth-order valence-corrected chi connectivity index (χ4v) is 5.51. The highest BCUT2D eigenvalue weighted by Gasteiger charge is 2.29. The molecule has 0 heterocycles. The van der Waals surface area contributed by atoms with Crippen molar-refractivity contribution in [3.8, 4) is 5.75 Å². The summed E-state index contributed by atoms with van der Waals surface area (Å²) in [6.45, 7) is 0. The van der Waals surface area contributed by atoms with Crippen LogP contribution >= 0.6 is 11.6 Å². The number of hydrogen-bond acceptors (Lipinski definition) is 5. The summed E-state index contributed by atoms with van der Waals surface area (Å²) in [4.78, 5) is 0.183. The monoisotopic (exact) mass is 430 g/mol. The first kappa shape index (κ1) is 21.7. The van der Waals surface area contributed by atoms with Crippen LogP contribution in [0.25, 0.3) is 0 Å². The minimum atomic E-state index is -3.68. The first-order valence-electron chi connectivity index (χ1n) is 8.44. The van der Waals surface area contributed by atoms with Gasteiger partial charge in [0.05, 0.1) is 17.3 Å². The van der Waals surface area contributed by atoms with Gasteiger partial charge in [-0.15, -0.1) is 0 Å². The van der Waals surface area contributed by atoms with Crippen LogP contribution in [0.1, 0.15) is 30.1 Å². The third-order valence-corrected chi connectivity index (χ3v) is 7.68. The highest BCUT2D eigenvalue weighted by atomic mass is 35.5. The van der Waals surface area contributed by atoms with E-state index in [2.05, 4.69) is 0 Å². The van der Waals surface area contributed by atoms with E-state index in [0.29, 0.717) is 35.6 Å². The van der Waals surface area contributed by atoms with Gasteiger partial charge in [0.25, 0.3) is 0 Å². The van der Waals surface area contributed by atoms with Gasteiger partial charge in [-0.25, -0.2) is 16.8 Å². The molecule has 0 aliphatic carbocycles. The van der Waals surface area contributed by atoms with E-state index >= 15 is 0 Å². The quantitative estimate of drug-likeness (QED) is 0.560. The molecule has 2 aromatic rings. The Hall–Kier alpha value is -1.57. The molecule has 0 spiro atoms.